The summed E-state index contributed by atoms with van der Waals surface area (Å²) in [5, 5.41) is 1.19. The summed E-state index contributed by atoms with van der Waals surface area (Å²) in [5.41, 5.74) is 6.90. The van der Waals surface area contributed by atoms with Crippen LogP contribution in [0.2, 0.25) is 0 Å². The lowest BCUT2D eigenvalue weighted by Gasteiger charge is -2.26. The number of nitrogens with zero attached hydrogens (tertiary/aromatic N) is 2. The number of hydrogen-bond donors (Lipinski definition) is 1. The van der Waals surface area contributed by atoms with Crippen LogP contribution in [0.3, 0.4) is 0 Å². The first kappa shape index (κ1) is 16.5. The van der Waals surface area contributed by atoms with Gasteiger partial charge in [-0.3, -0.25) is 4.79 Å². The number of hydrogen-bond acceptors (Lipinski definition) is 5. The van der Waals surface area contributed by atoms with Crippen LogP contribution in [0.1, 0.15) is 41.8 Å². The Hall–Kier alpha value is -0.880. The molecule has 0 aromatic carbocycles. The molecular formula is C15H25N3OS2. The number of amides is 1. The summed E-state index contributed by atoms with van der Waals surface area (Å²) in [4.78, 5) is 18.1. The second-order valence-corrected chi connectivity index (χ2v) is 7.45. The van der Waals surface area contributed by atoms with Crippen molar-refractivity contribution in [3.8, 4) is 0 Å². The zero-order chi connectivity index (χ0) is 15.4. The first-order chi connectivity index (χ1) is 10.1. The van der Waals surface area contributed by atoms with Crippen molar-refractivity contribution in [1.29, 1.82) is 0 Å². The predicted octanol–water partition coefficient (Wildman–Crippen LogP) is 3.52. The van der Waals surface area contributed by atoms with Crippen LogP contribution in [-0.2, 0) is 0 Å². The molecule has 6 heteroatoms. The van der Waals surface area contributed by atoms with Crippen LogP contribution < -0.4 is 10.6 Å². The fraction of sp³-hybridized carbons (Fsp3) is 0.667. The highest BCUT2D eigenvalue weighted by Gasteiger charge is 2.25. The minimum absolute atomic E-state index is 0.00564. The van der Waals surface area contributed by atoms with Gasteiger partial charge in [-0.25, -0.2) is 0 Å². The quantitative estimate of drug-likeness (QED) is 0.863. The molecule has 1 aromatic rings. The number of thiophene rings is 1. The third-order valence-electron chi connectivity index (χ3n) is 3.83. The molecule has 0 radical (unpaired) electrons. The van der Waals surface area contributed by atoms with Gasteiger partial charge in [0.2, 0.25) is 0 Å². The van der Waals surface area contributed by atoms with Gasteiger partial charge in [0.15, 0.2) is 0 Å². The van der Waals surface area contributed by atoms with Crippen molar-refractivity contribution < 1.29 is 4.79 Å². The van der Waals surface area contributed by atoms with Crippen LogP contribution in [0.25, 0.3) is 0 Å². The lowest BCUT2D eigenvalue weighted by molar-refractivity contribution is 0.0833. The van der Waals surface area contributed by atoms with Crippen molar-refractivity contribution in [2.45, 2.75) is 37.0 Å². The van der Waals surface area contributed by atoms with Gasteiger partial charge in [0.05, 0.1) is 10.6 Å². The molecule has 1 saturated heterocycles. The molecule has 1 fully saturated rings. The Morgan fingerprint density at radius 1 is 1.19 bits per heavy atom. The first-order valence-electron chi connectivity index (χ1n) is 7.49. The molecule has 2 N–H and O–H groups in total. The molecule has 1 amide bonds. The normalized spacial score (nSPS) is 16.4. The zero-order valence-corrected chi connectivity index (χ0v) is 14.8. The van der Waals surface area contributed by atoms with Crippen LogP contribution in [-0.4, -0.2) is 44.2 Å². The van der Waals surface area contributed by atoms with Crippen molar-refractivity contribution >= 4 is 39.7 Å². The van der Waals surface area contributed by atoms with E-state index in [4.69, 9.17) is 5.73 Å². The number of rotatable bonds is 3. The molecule has 0 aliphatic carbocycles. The Balaban J connectivity index is 2.33. The molecule has 1 aromatic heterocycles. The minimum atomic E-state index is 0.00564. The molecule has 0 spiro atoms. The Morgan fingerprint density at radius 2 is 1.76 bits per heavy atom. The largest absolute Gasteiger partial charge is 0.396 e. The van der Waals surface area contributed by atoms with E-state index < -0.39 is 0 Å². The van der Waals surface area contributed by atoms with E-state index in [9.17, 15) is 4.79 Å². The fourth-order valence-electron chi connectivity index (χ4n) is 2.63. The van der Waals surface area contributed by atoms with E-state index in [0.29, 0.717) is 10.6 Å². The summed E-state index contributed by atoms with van der Waals surface area (Å²) < 4.78 is 0. The number of nitrogens with two attached hydrogens (primary N) is 1. The Labute approximate surface area is 135 Å². The summed E-state index contributed by atoms with van der Waals surface area (Å²) in [5.74, 6) is 0.00564. The molecule has 2 rings (SSSR count). The highest BCUT2D eigenvalue weighted by Crippen LogP contribution is 2.44. The van der Waals surface area contributed by atoms with Gasteiger partial charge < -0.3 is 15.5 Å². The maximum absolute atomic E-state index is 12.3. The summed E-state index contributed by atoms with van der Waals surface area (Å²) in [6.45, 7) is 2.15. The van der Waals surface area contributed by atoms with Crippen molar-refractivity contribution in [2.24, 2.45) is 0 Å². The third kappa shape index (κ3) is 3.66. The topological polar surface area (TPSA) is 49.6 Å². The van der Waals surface area contributed by atoms with E-state index in [1.165, 1.54) is 37.1 Å². The van der Waals surface area contributed by atoms with Crippen molar-refractivity contribution in [3.05, 3.63) is 4.88 Å². The van der Waals surface area contributed by atoms with Gasteiger partial charge in [-0.05, 0) is 19.1 Å². The molecule has 0 atom stereocenters. The lowest BCUT2D eigenvalue weighted by atomic mass is 10.1. The average Bonchev–Trinajstić information content (AvgIpc) is 2.74. The molecule has 0 bridgehead atoms. The molecule has 0 saturated carbocycles. The third-order valence-corrected chi connectivity index (χ3v) is 6.04. The standard InChI is InChI=1S/C15H25N3OS2/c1-17(2)14(19)12-11(16)13(20-3)15(21-12)18-9-7-5-4-6-8-10-18/h4-10,16H2,1-3H3. The highest BCUT2D eigenvalue weighted by molar-refractivity contribution is 7.99. The molecular weight excluding hydrogens is 302 g/mol. The number of thioether (sulfide) groups is 1. The first-order valence-corrected chi connectivity index (χ1v) is 9.53. The van der Waals surface area contributed by atoms with Crippen LogP contribution in [0.4, 0.5) is 10.7 Å². The summed E-state index contributed by atoms with van der Waals surface area (Å²) in [6, 6.07) is 0. The summed E-state index contributed by atoms with van der Waals surface area (Å²) in [7, 11) is 3.55. The Bertz CT molecular complexity index is 491. The van der Waals surface area contributed by atoms with E-state index >= 15 is 0 Å². The SMILES string of the molecule is CSc1c(N2CCCCCCC2)sc(C(=O)N(C)C)c1N. The van der Waals surface area contributed by atoms with Crippen LogP contribution in [0.15, 0.2) is 4.90 Å². The molecule has 0 unspecified atom stereocenters. The Morgan fingerprint density at radius 3 is 2.29 bits per heavy atom. The van der Waals surface area contributed by atoms with Gasteiger partial charge in [0.1, 0.15) is 9.88 Å². The zero-order valence-electron chi connectivity index (χ0n) is 13.1. The van der Waals surface area contributed by atoms with Crippen LogP contribution in [0, 0.1) is 0 Å². The van der Waals surface area contributed by atoms with Crippen molar-refractivity contribution in [3.63, 3.8) is 0 Å². The second kappa shape index (κ2) is 7.40. The Kier molecular flexibility index (Phi) is 5.81. The number of nitrogen functional groups attached to an aromatic ring is 1. The molecule has 1 aliphatic rings. The van der Waals surface area contributed by atoms with Gasteiger partial charge in [-0.15, -0.1) is 23.1 Å². The minimum Gasteiger partial charge on any atom is -0.396 e. The fourth-order valence-corrected chi connectivity index (χ4v) is 4.89. The molecule has 1 aliphatic heterocycles. The van der Waals surface area contributed by atoms with E-state index in [0.717, 1.165) is 18.0 Å². The summed E-state index contributed by atoms with van der Waals surface area (Å²) in [6.07, 6.45) is 8.44. The maximum Gasteiger partial charge on any atom is 0.265 e. The van der Waals surface area contributed by atoms with Gasteiger partial charge in [0, 0.05) is 27.2 Å². The molecule has 118 valence electrons. The predicted molar refractivity (Wildman–Crippen MR) is 93.8 cm³/mol. The highest BCUT2D eigenvalue weighted by atomic mass is 32.2. The van der Waals surface area contributed by atoms with Gasteiger partial charge in [-0.2, -0.15) is 0 Å². The number of carbonyl (C=O) groups is 1. The van der Waals surface area contributed by atoms with Crippen molar-refractivity contribution in [2.75, 3.05) is 44.1 Å². The van der Waals surface area contributed by atoms with E-state index in [1.807, 2.05) is 6.26 Å². The maximum atomic E-state index is 12.3. The average molecular weight is 328 g/mol. The smallest absolute Gasteiger partial charge is 0.265 e. The van der Waals surface area contributed by atoms with E-state index in [1.54, 1.807) is 42.1 Å². The van der Waals surface area contributed by atoms with Gasteiger partial charge >= 0.3 is 0 Å². The molecule has 21 heavy (non-hydrogen) atoms. The number of carbonyl (C=O) groups excluding carboxylic acids is 1. The molecule has 4 nitrogen and oxygen atoms in total. The lowest BCUT2D eigenvalue weighted by Crippen LogP contribution is -2.26. The monoisotopic (exact) mass is 327 g/mol. The van der Waals surface area contributed by atoms with Gasteiger partial charge in [-0.1, -0.05) is 19.3 Å². The van der Waals surface area contributed by atoms with Crippen LogP contribution >= 0.6 is 23.1 Å². The van der Waals surface area contributed by atoms with Crippen molar-refractivity contribution in [1.82, 2.24) is 4.90 Å². The molecule has 2 heterocycles. The second-order valence-electron chi connectivity index (χ2n) is 5.64. The van der Waals surface area contributed by atoms with Crippen LogP contribution in [0.5, 0.6) is 0 Å². The summed E-state index contributed by atoms with van der Waals surface area (Å²) >= 11 is 3.21. The number of anilines is 2. The van der Waals surface area contributed by atoms with E-state index in [-0.39, 0.29) is 5.91 Å². The van der Waals surface area contributed by atoms with E-state index in [2.05, 4.69) is 4.90 Å². The van der Waals surface area contributed by atoms with Gasteiger partial charge in [0.25, 0.3) is 5.91 Å².